The Balaban J connectivity index is 2.18. The Hall–Kier alpha value is -3.02. The number of methoxy groups -OCH3 is 1. The molecule has 30 heavy (non-hydrogen) atoms. The zero-order valence-corrected chi connectivity index (χ0v) is 18.7. The van der Waals surface area contributed by atoms with Gasteiger partial charge in [-0.2, -0.15) is 0 Å². The lowest BCUT2D eigenvalue weighted by atomic mass is 10.1. The van der Waals surface area contributed by atoms with Gasteiger partial charge >= 0.3 is 0 Å². The number of amides is 2. The molecule has 6 nitrogen and oxygen atoms in total. The summed E-state index contributed by atoms with van der Waals surface area (Å²) in [7, 11) is 1.60. The molecular weight excluding hydrogens is 380 g/mol. The Morgan fingerprint density at radius 3 is 2.30 bits per heavy atom. The molecule has 162 valence electrons. The van der Waals surface area contributed by atoms with E-state index in [4.69, 9.17) is 9.47 Å². The number of carbonyl (C=O) groups is 2. The third-order valence-corrected chi connectivity index (χ3v) is 4.80. The number of hydrogen-bond acceptors (Lipinski definition) is 4. The highest BCUT2D eigenvalue weighted by Crippen LogP contribution is 2.20. The summed E-state index contributed by atoms with van der Waals surface area (Å²) in [5.74, 6) is 0.962. The molecule has 0 aliphatic carbocycles. The second kappa shape index (κ2) is 10.7. The van der Waals surface area contributed by atoms with E-state index in [1.165, 1.54) is 0 Å². The number of carbonyl (C=O) groups excluding carboxylic acids is 2. The first-order chi connectivity index (χ1) is 14.2. The average Bonchev–Trinajstić information content (AvgIpc) is 2.71. The second-order valence-corrected chi connectivity index (χ2v) is 7.77. The smallest absolute Gasteiger partial charge is 0.261 e. The minimum Gasteiger partial charge on any atom is -0.497 e. The number of aryl methyl sites for hydroxylation is 2. The highest BCUT2D eigenvalue weighted by Gasteiger charge is 2.27. The topological polar surface area (TPSA) is 67.9 Å². The second-order valence-electron chi connectivity index (χ2n) is 7.77. The van der Waals surface area contributed by atoms with Gasteiger partial charge in [0.25, 0.3) is 5.91 Å². The molecule has 0 heterocycles. The molecule has 2 rings (SSSR count). The lowest BCUT2D eigenvalue weighted by molar-refractivity contribution is -0.142. The van der Waals surface area contributed by atoms with Crippen molar-refractivity contribution in [2.45, 2.75) is 53.2 Å². The number of benzene rings is 2. The van der Waals surface area contributed by atoms with Crippen molar-refractivity contribution in [3.8, 4) is 11.5 Å². The van der Waals surface area contributed by atoms with E-state index in [0.29, 0.717) is 12.3 Å². The monoisotopic (exact) mass is 412 g/mol. The fraction of sp³-hybridized carbons (Fsp3) is 0.417. The van der Waals surface area contributed by atoms with E-state index in [1.807, 2.05) is 70.2 Å². The van der Waals surface area contributed by atoms with E-state index in [9.17, 15) is 9.59 Å². The Labute approximate surface area is 179 Å². The summed E-state index contributed by atoms with van der Waals surface area (Å²) in [6.07, 6.45) is 0. The van der Waals surface area contributed by atoms with E-state index in [2.05, 4.69) is 5.32 Å². The molecule has 0 saturated heterocycles. The first kappa shape index (κ1) is 23.3. The third kappa shape index (κ3) is 6.51. The standard InChI is InChI=1S/C24H32N2O4/c1-16(2)25-24(28)19(5)26(14-20-9-11-21(29-6)12-10-20)23(27)15-30-22-13-17(3)7-8-18(22)4/h7-13,16,19H,14-15H2,1-6H3,(H,25,28)/t19-/m0/s1. The van der Waals surface area contributed by atoms with Gasteiger partial charge in [0.15, 0.2) is 6.61 Å². The Morgan fingerprint density at radius 1 is 1.03 bits per heavy atom. The highest BCUT2D eigenvalue weighted by molar-refractivity contribution is 5.88. The van der Waals surface area contributed by atoms with Gasteiger partial charge in [-0.3, -0.25) is 9.59 Å². The van der Waals surface area contributed by atoms with Crippen LogP contribution < -0.4 is 14.8 Å². The van der Waals surface area contributed by atoms with Gasteiger partial charge < -0.3 is 19.7 Å². The van der Waals surface area contributed by atoms with Crippen LogP contribution in [0.1, 0.15) is 37.5 Å². The molecule has 0 spiro atoms. The Bertz CT molecular complexity index is 862. The number of nitrogens with zero attached hydrogens (tertiary/aromatic N) is 1. The van der Waals surface area contributed by atoms with Crippen molar-refractivity contribution in [2.75, 3.05) is 13.7 Å². The summed E-state index contributed by atoms with van der Waals surface area (Å²) < 4.78 is 11.0. The van der Waals surface area contributed by atoms with Crippen LogP contribution in [0.25, 0.3) is 0 Å². The largest absolute Gasteiger partial charge is 0.497 e. The molecule has 2 amide bonds. The summed E-state index contributed by atoms with van der Waals surface area (Å²) in [6, 6.07) is 12.7. The van der Waals surface area contributed by atoms with Crippen LogP contribution in [0.15, 0.2) is 42.5 Å². The van der Waals surface area contributed by atoms with Crippen LogP contribution >= 0.6 is 0 Å². The maximum atomic E-state index is 13.1. The van der Waals surface area contributed by atoms with Crippen molar-refractivity contribution in [2.24, 2.45) is 0 Å². The van der Waals surface area contributed by atoms with Crippen molar-refractivity contribution < 1.29 is 19.1 Å². The predicted octanol–water partition coefficient (Wildman–Crippen LogP) is 3.63. The summed E-state index contributed by atoms with van der Waals surface area (Å²) in [5, 5.41) is 2.88. The zero-order chi connectivity index (χ0) is 22.3. The number of ether oxygens (including phenoxy) is 2. The maximum absolute atomic E-state index is 13.1. The van der Waals surface area contributed by atoms with Crippen LogP contribution in [0.4, 0.5) is 0 Å². The van der Waals surface area contributed by atoms with Gasteiger partial charge in [0.1, 0.15) is 17.5 Å². The maximum Gasteiger partial charge on any atom is 0.261 e. The Kier molecular flexibility index (Phi) is 8.27. The molecule has 0 fully saturated rings. The van der Waals surface area contributed by atoms with Gasteiger partial charge in [-0.1, -0.05) is 24.3 Å². The quantitative estimate of drug-likeness (QED) is 0.683. The molecule has 2 aromatic carbocycles. The molecule has 0 unspecified atom stereocenters. The lowest BCUT2D eigenvalue weighted by Gasteiger charge is -2.29. The molecule has 0 aromatic heterocycles. The SMILES string of the molecule is COc1ccc(CN(C(=O)COc2cc(C)ccc2C)[C@@H](C)C(=O)NC(C)C)cc1. The van der Waals surface area contributed by atoms with E-state index >= 15 is 0 Å². The molecule has 2 aromatic rings. The van der Waals surface area contributed by atoms with Crippen LogP contribution in [-0.2, 0) is 16.1 Å². The molecule has 1 N–H and O–H groups in total. The summed E-state index contributed by atoms with van der Waals surface area (Å²) >= 11 is 0. The fourth-order valence-electron chi connectivity index (χ4n) is 3.00. The molecule has 0 aliphatic rings. The number of hydrogen-bond donors (Lipinski definition) is 1. The first-order valence-electron chi connectivity index (χ1n) is 10.1. The molecule has 0 saturated carbocycles. The number of rotatable bonds is 9. The van der Waals surface area contributed by atoms with Crippen molar-refractivity contribution in [3.05, 3.63) is 59.2 Å². The van der Waals surface area contributed by atoms with Crippen LogP contribution in [0.5, 0.6) is 11.5 Å². The first-order valence-corrected chi connectivity index (χ1v) is 10.1. The van der Waals surface area contributed by atoms with Gasteiger partial charge in [0.05, 0.1) is 7.11 Å². The van der Waals surface area contributed by atoms with Crippen LogP contribution in [0.2, 0.25) is 0 Å². The number of nitrogens with one attached hydrogen (secondary N) is 1. The predicted molar refractivity (Wildman–Crippen MR) is 118 cm³/mol. The summed E-state index contributed by atoms with van der Waals surface area (Å²) in [6.45, 7) is 9.59. The highest BCUT2D eigenvalue weighted by atomic mass is 16.5. The van der Waals surface area contributed by atoms with Gasteiger partial charge in [-0.15, -0.1) is 0 Å². The fourth-order valence-corrected chi connectivity index (χ4v) is 3.00. The minimum atomic E-state index is -0.635. The zero-order valence-electron chi connectivity index (χ0n) is 18.7. The van der Waals surface area contributed by atoms with Crippen molar-refractivity contribution in [1.29, 1.82) is 0 Å². The van der Waals surface area contributed by atoms with Crippen molar-refractivity contribution in [1.82, 2.24) is 10.2 Å². The average molecular weight is 413 g/mol. The molecule has 0 aliphatic heterocycles. The van der Waals surface area contributed by atoms with E-state index in [0.717, 1.165) is 22.4 Å². The van der Waals surface area contributed by atoms with E-state index < -0.39 is 6.04 Å². The van der Waals surface area contributed by atoms with Gasteiger partial charge in [-0.25, -0.2) is 0 Å². The summed E-state index contributed by atoms with van der Waals surface area (Å²) in [4.78, 5) is 27.2. The van der Waals surface area contributed by atoms with E-state index in [-0.39, 0.29) is 24.5 Å². The van der Waals surface area contributed by atoms with Gasteiger partial charge in [-0.05, 0) is 69.5 Å². The molecule has 6 heteroatoms. The van der Waals surface area contributed by atoms with Crippen molar-refractivity contribution in [3.63, 3.8) is 0 Å². The van der Waals surface area contributed by atoms with Crippen molar-refractivity contribution >= 4 is 11.8 Å². The van der Waals surface area contributed by atoms with Crippen LogP contribution in [0.3, 0.4) is 0 Å². The minimum absolute atomic E-state index is 0.0101. The van der Waals surface area contributed by atoms with Gasteiger partial charge in [0, 0.05) is 12.6 Å². The lowest BCUT2D eigenvalue weighted by Crippen LogP contribution is -2.50. The van der Waals surface area contributed by atoms with Crippen LogP contribution in [-0.4, -0.2) is 42.5 Å². The Morgan fingerprint density at radius 2 is 1.70 bits per heavy atom. The normalized spacial score (nSPS) is 11.7. The summed E-state index contributed by atoms with van der Waals surface area (Å²) in [5.41, 5.74) is 2.92. The van der Waals surface area contributed by atoms with Crippen LogP contribution in [0, 0.1) is 13.8 Å². The molecule has 0 radical (unpaired) electrons. The van der Waals surface area contributed by atoms with Gasteiger partial charge in [0.2, 0.25) is 5.91 Å². The molecule has 0 bridgehead atoms. The molecular formula is C24H32N2O4. The van der Waals surface area contributed by atoms with E-state index in [1.54, 1.807) is 18.9 Å². The third-order valence-electron chi connectivity index (χ3n) is 4.80. The molecule has 1 atom stereocenters.